The summed E-state index contributed by atoms with van der Waals surface area (Å²) in [7, 11) is 0. The maximum absolute atomic E-state index is 12.2. The van der Waals surface area contributed by atoms with Crippen LogP contribution in [0.3, 0.4) is 0 Å². The first-order valence-corrected chi connectivity index (χ1v) is 8.79. The first-order valence-electron chi connectivity index (χ1n) is 8.79. The van der Waals surface area contributed by atoms with E-state index in [4.69, 9.17) is 10.5 Å². The highest BCUT2D eigenvalue weighted by molar-refractivity contribution is 5.77. The molecule has 0 aliphatic carbocycles. The van der Waals surface area contributed by atoms with Crippen LogP contribution in [0.4, 0.5) is 4.79 Å². The summed E-state index contributed by atoms with van der Waals surface area (Å²) in [5.74, 6) is 1.10. The monoisotopic (exact) mass is 326 g/mol. The number of nitrogens with two attached hydrogens (primary N) is 1. The average molecular weight is 326 g/mol. The van der Waals surface area contributed by atoms with Crippen LogP contribution in [0.25, 0.3) is 0 Å². The van der Waals surface area contributed by atoms with E-state index in [-0.39, 0.29) is 6.09 Å². The first-order chi connectivity index (χ1) is 10.8. The molecule has 6 nitrogen and oxygen atoms in total. The van der Waals surface area contributed by atoms with Gasteiger partial charge in [0.15, 0.2) is 5.96 Å². The molecule has 0 spiro atoms. The number of hydrogen-bond donors (Lipinski definition) is 1. The van der Waals surface area contributed by atoms with Gasteiger partial charge in [0, 0.05) is 32.7 Å². The van der Waals surface area contributed by atoms with Gasteiger partial charge >= 0.3 is 6.09 Å². The normalized spacial score (nSPS) is 19.6. The molecule has 1 atom stereocenters. The Kier molecular flexibility index (Phi) is 7.65. The Morgan fingerprint density at radius 3 is 2.57 bits per heavy atom. The lowest BCUT2D eigenvalue weighted by Crippen LogP contribution is -2.43. The molecule has 1 aliphatic rings. The van der Waals surface area contributed by atoms with Gasteiger partial charge in [-0.05, 0) is 59.8 Å². The molecule has 0 aromatic heterocycles. The third kappa shape index (κ3) is 7.10. The van der Waals surface area contributed by atoms with Gasteiger partial charge in [-0.25, -0.2) is 4.79 Å². The number of ether oxygens (including phenoxy) is 1. The van der Waals surface area contributed by atoms with Gasteiger partial charge < -0.3 is 20.3 Å². The van der Waals surface area contributed by atoms with Crippen molar-refractivity contribution in [2.75, 3.05) is 32.7 Å². The molecule has 1 amide bonds. The van der Waals surface area contributed by atoms with E-state index in [0.717, 1.165) is 52.0 Å². The molecule has 0 aromatic carbocycles. The SMILES string of the molecule is CCN(CC)C(N)=NCCC1CCCN(C(=O)OC(C)(C)C)C1. The van der Waals surface area contributed by atoms with E-state index < -0.39 is 5.60 Å². The number of aliphatic imine (C=N–C) groups is 1. The van der Waals surface area contributed by atoms with E-state index in [2.05, 4.69) is 18.8 Å². The molecule has 1 fully saturated rings. The molecule has 0 radical (unpaired) electrons. The van der Waals surface area contributed by atoms with Crippen molar-refractivity contribution in [2.24, 2.45) is 16.6 Å². The quantitative estimate of drug-likeness (QED) is 0.623. The van der Waals surface area contributed by atoms with Crippen LogP contribution in [0.1, 0.15) is 53.9 Å². The molecule has 1 rings (SSSR count). The zero-order valence-electron chi connectivity index (χ0n) is 15.5. The molecule has 1 aliphatic heterocycles. The molecule has 1 heterocycles. The fraction of sp³-hybridized carbons (Fsp3) is 0.882. The molecule has 1 saturated heterocycles. The Bertz CT molecular complexity index is 400. The Balaban J connectivity index is 2.44. The number of guanidine groups is 1. The van der Waals surface area contributed by atoms with Crippen molar-refractivity contribution < 1.29 is 9.53 Å². The minimum absolute atomic E-state index is 0.201. The fourth-order valence-corrected chi connectivity index (χ4v) is 2.80. The number of hydrogen-bond acceptors (Lipinski definition) is 3. The summed E-state index contributed by atoms with van der Waals surface area (Å²) in [6.45, 7) is 13.9. The van der Waals surface area contributed by atoms with E-state index in [0.29, 0.717) is 11.9 Å². The third-order valence-electron chi connectivity index (χ3n) is 4.07. The minimum atomic E-state index is -0.438. The Hall–Kier alpha value is -1.46. The van der Waals surface area contributed by atoms with E-state index >= 15 is 0 Å². The second-order valence-corrected chi connectivity index (χ2v) is 7.14. The van der Waals surface area contributed by atoms with Gasteiger partial charge in [-0.2, -0.15) is 0 Å². The van der Waals surface area contributed by atoms with Gasteiger partial charge in [0.05, 0.1) is 0 Å². The summed E-state index contributed by atoms with van der Waals surface area (Å²) in [4.78, 5) is 20.5. The maximum Gasteiger partial charge on any atom is 0.410 e. The fourth-order valence-electron chi connectivity index (χ4n) is 2.80. The molecular formula is C17H34N4O2. The van der Waals surface area contributed by atoms with E-state index in [9.17, 15) is 4.79 Å². The predicted octanol–water partition coefficient (Wildman–Crippen LogP) is 2.68. The molecule has 6 heteroatoms. The summed E-state index contributed by atoms with van der Waals surface area (Å²) in [5, 5.41) is 0. The molecule has 23 heavy (non-hydrogen) atoms. The second-order valence-electron chi connectivity index (χ2n) is 7.14. The number of likely N-dealkylation sites (tertiary alicyclic amines) is 1. The standard InChI is InChI=1S/C17H34N4O2/c1-6-20(7-2)15(18)19-11-10-14-9-8-12-21(13-14)16(22)23-17(3,4)5/h14H,6-13H2,1-5H3,(H2,18,19). The van der Waals surface area contributed by atoms with Gasteiger partial charge in [0.1, 0.15) is 5.60 Å². The smallest absolute Gasteiger partial charge is 0.410 e. The van der Waals surface area contributed by atoms with Gasteiger partial charge in [-0.1, -0.05) is 0 Å². The summed E-state index contributed by atoms with van der Waals surface area (Å²) >= 11 is 0. The number of piperidine rings is 1. The van der Waals surface area contributed by atoms with Crippen LogP contribution < -0.4 is 5.73 Å². The second kappa shape index (κ2) is 8.99. The third-order valence-corrected chi connectivity index (χ3v) is 4.07. The first kappa shape index (κ1) is 19.6. The summed E-state index contributed by atoms with van der Waals surface area (Å²) in [6, 6.07) is 0. The van der Waals surface area contributed by atoms with E-state index in [1.165, 1.54) is 0 Å². The number of nitrogens with zero attached hydrogens (tertiary/aromatic N) is 3. The molecule has 2 N–H and O–H groups in total. The highest BCUT2D eigenvalue weighted by Gasteiger charge is 2.27. The van der Waals surface area contributed by atoms with Gasteiger partial charge in [0.2, 0.25) is 0 Å². The topological polar surface area (TPSA) is 71.2 Å². The van der Waals surface area contributed by atoms with Crippen LogP contribution in [0, 0.1) is 5.92 Å². The minimum Gasteiger partial charge on any atom is -0.444 e. The summed E-state index contributed by atoms with van der Waals surface area (Å²) in [5.41, 5.74) is 5.55. The van der Waals surface area contributed by atoms with Crippen molar-refractivity contribution in [3.05, 3.63) is 0 Å². The lowest BCUT2D eigenvalue weighted by molar-refractivity contribution is 0.0163. The number of carbonyl (C=O) groups is 1. The van der Waals surface area contributed by atoms with Crippen LogP contribution in [0.15, 0.2) is 4.99 Å². The van der Waals surface area contributed by atoms with Crippen molar-refractivity contribution in [2.45, 2.75) is 59.5 Å². The van der Waals surface area contributed by atoms with Gasteiger partial charge in [0.25, 0.3) is 0 Å². The highest BCUT2D eigenvalue weighted by Crippen LogP contribution is 2.21. The van der Waals surface area contributed by atoms with Crippen LogP contribution in [0.5, 0.6) is 0 Å². The Morgan fingerprint density at radius 1 is 1.35 bits per heavy atom. The molecule has 0 saturated carbocycles. The zero-order valence-corrected chi connectivity index (χ0v) is 15.5. The van der Waals surface area contributed by atoms with Crippen LogP contribution in [-0.2, 0) is 4.74 Å². The van der Waals surface area contributed by atoms with E-state index in [1.54, 1.807) is 0 Å². The lowest BCUT2D eigenvalue weighted by Gasteiger charge is -2.34. The average Bonchev–Trinajstić information content (AvgIpc) is 2.47. The zero-order chi connectivity index (χ0) is 17.5. The summed E-state index contributed by atoms with van der Waals surface area (Å²) in [6.07, 6.45) is 2.92. The maximum atomic E-state index is 12.2. The lowest BCUT2D eigenvalue weighted by atomic mass is 9.95. The number of amides is 1. The van der Waals surface area contributed by atoms with Crippen molar-refractivity contribution in [3.8, 4) is 0 Å². The van der Waals surface area contributed by atoms with Crippen molar-refractivity contribution in [1.82, 2.24) is 9.80 Å². The van der Waals surface area contributed by atoms with Crippen molar-refractivity contribution in [3.63, 3.8) is 0 Å². The molecule has 134 valence electrons. The Morgan fingerprint density at radius 2 is 2.00 bits per heavy atom. The molecule has 0 aromatic rings. The number of carbonyl (C=O) groups excluding carboxylic acids is 1. The van der Waals surface area contributed by atoms with Gasteiger partial charge in [-0.3, -0.25) is 4.99 Å². The molecule has 1 unspecified atom stereocenters. The Labute approximate surface area is 141 Å². The van der Waals surface area contributed by atoms with Crippen molar-refractivity contribution in [1.29, 1.82) is 0 Å². The predicted molar refractivity (Wildman–Crippen MR) is 94.6 cm³/mol. The highest BCUT2D eigenvalue weighted by atomic mass is 16.6. The van der Waals surface area contributed by atoms with Gasteiger partial charge in [-0.15, -0.1) is 0 Å². The van der Waals surface area contributed by atoms with Crippen molar-refractivity contribution >= 4 is 12.1 Å². The van der Waals surface area contributed by atoms with Crippen LogP contribution >= 0.6 is 0 Å². The summed E-state index contributed by atoms with van der Waals surface area (Å²) < 4.78 is 5.46. The molecular weight excluding hydrogens is 292 g/mol. The molecule has 0 bridgehead atoms. The van der Waals surface area contributed by atoms with Crippen LogP contribution in [0.2, 0.25) is 0 Å². The van der Waals surface area contributed by atoms with E-state index in [1.807, 2.05) is 30.6 Å². The largest absolute Gasteiger partial charge is 0.444 e. The van der Waals surface area contributed by atoms with Crippen LogP contribution in [-0.4, -0.2) is 60.2 Å². The number of rotatable bonds is 5.